The maximum absolute atomic E-state index is 13.0. The molecule has 0 radical (unpaired) electrons. The minimum absolute atomic E-state index is 0.0546. The van der Waals surface area contributed by atoms with Gasteiger partial charge in [-0.3, -0.25) is 29.0 Å². The van der Waals surface area contributed by atoms with Crippen molar-refractivity contribution < 1.29 is 19.2 Å². The SMILES string of the molecule is CCCCCCCCCCCCCCCCCCCCCCCCCCCCCCCCCC/C=C/C1CC(=O)N(CCNCCNCCNCCN2C(=O)CC(/C=C/CCCCCCCCCCCCCCCCCCCCCCCCCCCCCCCCCCCCCCCCCC)C2=O)C1=O. The van der Waals surface area contributed by atoms with Crippen LogP contribution < -0.4 is 16.0 Å². The summed E-state index contributed by atoms with van der Waals surface area (Å²) < 4.78 is 0. The van der Waals surface area contributed by atoms with Crippen LogP contribution in [-0.4, -0.2) is 85.8 Å². The number of carbonyl (C=O) groups is 4. The van der Waals surface area contributed by atoms with E-state index in [1.54, 1.807) is 0 Å². The first-order valence-electron chi connectivity index (χ1n) is 48.1. The van der Waals surface area contributed by atoms with Crippen LogP contribution >= 0.6 is 0 Å². The zero-order valence-corrected chi connectivity index (χ0v) is 70.9. The molecule has 4 amide bonds. The summed E-state index contributed by atoms with van der Waals surface area (Å²) in [7, 11) is 0. The van der Waals surface area contributed by atoms with Crippen LogP contribution in [0.4, 0.5) is 0 Å². The Labute approximate surface area is 655 Å². The molecule has 105 heavy (non-hydrogen) atoms. The fraction of sp³-hybridized carbons (Fsp3) is 0.917. The molecule has 2 aliphatic rings. The van der Waals surface area contributed by atoms with Crippen molar-refractivity contribution in [3.8, 4) is 0 Å². The minimum atomic E-state index is -0.309. The van der Waals surface area contributed by atoms with Crippen molar-refractivity contribution >= 4 is 23.6 Å². The molecule has 0 aromatic carbocycles. The van der Waals surface area contributed by atoms with Crippen molar-refractivity contribution in [2.24, 2.45) is 11.8 Å². The maximum atomic E-state index is 13.0. The number of allylic oxidation sites excluding steroid dienone is 2. The summed E-state index contributed by atoms with van der Waals surface area (Å²) in [4.78, 5) is 54.3. The van der Waals surface area contributed by atoms with E-state index in [2.05, 4.69) is 41.9 Å². The predicted molar refractivity (Wildman–Crippen MR) is 460 cm³/mol. The molecule has 2 unspecified atom stereocenters. The molecule has 2 fully saturated rings. The van der Waals surface area contributed by atoms with Crippen LogP contribution in [0.3, 0.4) is 0 Å². The Morgan fingerprint density at radius 1 is 0.229 bits per heavy atom. The average molecular weight is 1470 g/mol. The number of amides is 4. The zero-order valence-electron chi connectivity index (χ0n) is 70.9. The molecule has 2 rings (SSSR count). The van der Waals surface area contributed by atoms with E-state index in [-0.39, 0.29) is 35.5 Å². The normalized spacial score (nSPS) is 15.0. The quantitative estimate of drug-likeness (QED) is 0.0316. The maximum Gasteiger partial charge on any atom is 0.236 e. The van der Waals surface area contributed by atoms with Gasteiger partial charge in [0.05, 0.1) is 11.8 Å². The number of rotatable bonds is 88. The van der Waals surface area contributed by atoms with Crippen LogP contribution in [0.5, 0.6) is 0 Å². The lowest BCUT2D eigenvalue weighted by atomic mass is 10.0. The molecule has 616 valence electrons. The molecule has 0 bridgehead atoms. The van der Waals surface area contributed by atoms with Crippen LogP contribution in [0.1, 0.15) is 502 Å². The highest BCUT2D eigenvalue weighted by Crippen LogP contribution is 2.25. The van der Waals surface area contributed by atoms with Gasteiger partial charge in [0.15, 0.2) is 0 Å². The number of likely N-dealkylation sites (tertiary alicyclic amines) is 2. The van der Waals surface area contributed by atoms with Crippen LogP contribution in [0.2, 0.25) is 0 Å². The molecule has 0 spiro atoms. The van der Waals surface area contributed by atoms with Gasteiger partial charge < -0.3 is 16.0 Å². The Balaban J connectivity index is 1.24. The number of nitrogens with one attached hydrogen (secondary N) is 3. The summed E-state index contributed by atoms with van der Waals surface area (Å²) in [5.74, 6) is -0.849. The Morgan fingerprint density at radius 2 is 0.381 bits per heavy atom. The molecule has 0 aromatic heterocycles. The van der Waals surface area contributed by atoms with Gasteiger partial charge in [-0.1, -0.05) is 488 Å². The van der Waals surface area contributed by atoms with E-state index < -0.39 is 0 Å². The first-order valence-corrected chi connectivity index (χ1v) is 48.1. The summed E-state index contributed by atoms with van der Waals surface area (Å²) in [6.07, 6.45) is 114. The fourth-order valence-corrected chi connectivity index (χ4v) is 16.5. The van der Waals surface area contributed by atoms with E-state index in [0.717, 1.165) is 51.9 Å². The molecule has 2 aliphatic heterocycles. The number of nitrogens with zero attached hydrogens (tertiary/aromatic N) is 2. The molecule has 0 aliphatic carbocycles. The predicted octanol–water partition coefficient (Wildman–Crippen LogP) is 28.5. The van der Waals surface area contributed by atoms with Crippen LogP contribution in [0.25, 0.3) is 0 Å². The Kier molecular flexibility index (Phi) is 76.3. The van der Waals surface area contributed by atoms with E-state index in [1.807, 2.05) is 12.2 Å². The molecule has 2 heterocycles. The number of carbonyl (C=O) groups excluding carboxylic acids is 4. The van der Waals surface area contributed by atoms with Crippen molar-refractivity contribution in [3.63, 3.8) is 0 Å². The number of hydrogen-bond donors (Lipinski definition) is 3. The standard InChI is InChI=1S/C96H183N5O4/c1-3-5-7-9-11-13-15-17-19-21-23-25-27-29-31-33-35-37-39-40-41-42-43-44-45-46-48-50-52-54-56-58-60-62-64-66-68-70-72-74-76-78-80-92-90-94(103)101(96(92)105)88-86-99-84-82-97-81-83-98-85-87-100-93(102)89-91(95(100)104)79-77-75-73-71-69-67-65-63-61-59-57-55-53-51-49-47-38-36-34-32-30-28-26-24-22-20-18-16-14-12-10-8-6-4-2/h77-80,91-92,97-99H,3-76,81-90H2,1-2H3/b79-77+,80-78+. The third kappa shape index (κ3) is 66.0. The minimum Gasteiger partial charge on any atom is -0.314 e. The molecule has 2 atom stereocenters. The van der Waals surface area contributed by atoms with Gasteiger partial charge in [0.2, 0.25) is 23.6 Å². The van der Waals surface area contributed by atoms with E-state index in [9.17, 15) is 19.2 Å². The molecular formula is C96H183N5O4. The van der Waals surface area contributed by atoms with E-state index >= 15 is 0 Å². The van der Waals surface area contributed by atoms with Gasteiger partial charge in [-0.2, -0.15) is 0 Å². The van der Waals surface area contributed by atoms with E-state index in [0.29, 0.717) is 39.0 Å². The second kappa shape index (κ2) is 81.1. The highest BCUT2D eigenvalue weighted by Gasteiger charge is 2.37. The first-order chi connectivity index (χ1) is 52.0. The van der Waals surface area contributed by atoms with Crippen molar-refractivity contribution in [1.82, 2.24) is 25.8 Å². The number of unbranched alkanes of at least 4 members (excludes halogenated alkanes) is 72. The lowest BCUT2D eigenvalue weighted by Gasteiger charge is -2.15. The topological polar surface area (TPSA) is 111 Å². The van der Waals surface area contributed by atoms with E-state index in [4.69, 9.17) is 0 Å². The highest BCUT2D eigenvalue weighted by atomic mass is 16.2. The lowest BCUT2D eigenvalue weighted by molar-refractivity contribution is -0.140. The smallest absolute Gasteiger partial charge is 0.236 e. The summed E-state index contributed by atoms with van der Waals surface area (Å²) >= 11 is 0. The van der Waals surface area contributed by atoms with Crippen molar-refractivity contribution in [3.05, 3.63) is 24.3 Å². The van der Waals surface area contributed by atoms with E-state index in [1.165, 1.54) is 459 Å². The molecular weight excluding hydrogens is 1290 g/mol. The molecule has 0 aromatic rings. The van der Waals surface area contributed by atoms with Gasteiger partial charge in [0.25, 0.3) is 0 Å². The number of hydrogen-bond acceptors (Lipinski definition) is 7. The van der Waals surface area contributed by atoms with Gasteiger partial charge in [0, 0.05) is 65.2 Å². The largest absolute Gasteiger partial charge is 0.314 e. The first kappa shape index (κ1) is 98.7. The van der Waals surface area contributed by atoms with Crippen molar-refractivity contribution in [2.75, 3.05) is 52.4 Å². The molecule has 9 nitrogen and oxygen atoms in total. The Hall–Kier alpha value is -2.36. The van der Waals surface area contributed by atoms with Gasteiger partial charge in [-0.25, -0.2) is 0 Å². The fourth-order valence-electron chi connectivity index (χ4n) is 16.5. The second-order valence-corrected chi connectivity index (χ2v) is 33.8. The Morgan fingerprint density at radius 3 is 0.552 bits per heavy atom. The second-order valence-electron chi connectivity index (χ2n) is 33.8. The highest BCUT2D eigenvalue weighted by molar-refractivity contribution is 6.05. The average Bonchev–Trinajstić information content (AvgIpc) is 1.71. The van der Waals surface area contributed by atoms with Gasteiger partial charge in [0.1, 0.15) is 0 Å². The van der Waals surface area contributed by atoms with Gasteiger partial charge in [-0.15, -0.1) is 0 Å². The van der Waals surface area contributed by atoms with Crippen LogP contribution in [0.15, 0.2) is 24.3 Å². The Bertz CT molecular complexity index is 1910. The number of imide groups is 2. The lowest BCUT2D eigenvalue weighted by Crippen LogP contribution is -2.40. The summed E-state index contributed by atoms with van der Waals surface area (Å²) in [5.41, 5.74) is 0. The monoisotopic (exact) mass is 1470 g/mol. The van der Waals surface area contributed by atoms with Gasteiger partial charge >= 0.3 is 0 Å². The van der Waals surface area contributed by atoms with Crippen molar-refractivity contribution in [2.45, 2.75) is 502 Å². The third-order valence-corrected chi connectivity index (χ3v) is 23.7. The van der Waals surface area contributed by atoms with Crippen LogP contribution in [-0.2, 0) is 19.2 Å². The summed E-state index contributed by atoms with van der Waals surface area (Å²) in [5, 5.41) is 10.1. The molecule has 3 N–H and O–H groups in total. The summed E-state index contributed by atoms with van der Waals surface area (Å²) in [6.45, 7) is 9.62. The molecule has 0 saturated carbocycles. The van der Waals surface area contributed by atoms with Crippen LogP contribution in [0, 0.1) is 11.8 Å². The van der Waals surface area contributed by atoms with Crippen molar-refractivity contribution in [1.29, 1.82) is 0 Å². The third-order valence-electron chi connectivity index (χ3n) is 23.7. The summed E-state index contributed by atoms with van der Waals surface area (Å²) in [6, 6.07) is 0. The zero-order chi connectivity index (χ0) is 75.0. The molecule has 9 heteroatoms. The molecule has 2 saturated heterocycles. The van der Waals surface area contributed by atoms with Gasteiger partial charge in [-0.05, 0) is 25.7 Å².